The summed E-state index contributed by atoms with van der Waals surface area (Å²) in [7, 11) is 0. The average Bonchev–Trinajstić information content (AvgIpc) is 3.44. The van der Waals surface area contributed by atoms with Gasteiger partial charge in [-0.25, -0.2) is 0 Å². The second-order valence-corrected chi connectivity index (χ2v) is 23.1. The van der Waals surface area contributed by atoms with E-state index in [1.54, 1.807) is 0 Å². The number of hydrogen-bond acceptors (Lipinski definition) is 6. The van der Waals surface area contributed by atoms with Gasteiger partial charge < -0.3 is 14.2 Å². The maximum absolute atomic E-state index is 12.9. The van der Waals surface area contributed by atoms with Crippen LogP contribution in [-0.2, 0) is 28.6 Å². The molecule has 1 unspecified atom stereocenters. The molecule has 0 aromatic heterocycles. The van der Waals surface area contributed by atoms with E-state index in [0.29, 0.717) is 19.3 Å². The second kappa shape index (κ2) is 66.6. The number of carbonyl (C=O) groups excluding carboxylic acids is 3. The Morgan fingerprint density at radius 3 is 0.744 bits per heavy atom. The summed E-state index contributed by atoms with van der Waals surface area (Å²) in [6.07, 6.45) is 85.2. The molecular formula is C72H130O6. The minimum Gasteiger partial charge on any atom is -0.462 e. The zero-order valence-corrected chi connectivity index (χ0v) is 52.2. The van der Waals surface area contributed by atoms with Crippen LogP contribution in [0.25, 0.3) is 0 Å². The molecule has 0 spiro atoms. The number of carbonyl (C=O) groups is 3. The van der Waals surface area contributed by atoms with Crippen LogP contribution in [0.15, 0.2) is 60.8 Å². The second-order valence-electron chi connectivity index (χ2n) is 23.1. The summed E-state index contributed by atoms with van der Waals surface area (Å²) in [5, 5.41) is 0. The van der Waals surface area contributed by atoms with Crippen molar-refractivity contribution >= 4 is 17.9 Å². The van der Waals surface area contributed by atoms with Crippen molar-refractivity contribution in [2.75, 3.05) is 13.2 Å². The van der Waals surface area contributed by atoms with Crippen LogP contribution in [0.4, 0.5) is 0 Å². The largest absolute Gasteiger partial charge is 0.462 e. The summed E-state index contributed by atoms with van der Waals surface area (Å²) in [4.78, 5) is 38.4. The van der Waals surface area contributed by atoms with Crippen LogP contribution >= 0.6 is 0 Å². The number of hydrogen-bond donors (Lipinski definition) is 0. The van der Waals surface area contributed by atoms with E-state index in [1.807, 2.05) is 0 Å². The van der Waals surface area contributed by atoms with Gasteiger partial charge in [0, 0.05) is 19.3 Å². The van der Waals surface area contributed by atoms with Gasteiger partial charge in [0.15, 0.2) is 6.10 Å². The molecule has 0 bridgehead atoms. The maximum atomic E-state index is 12.9. The molecule has 6 heteroatoms. The van der Waals surface area contributed by atoms with E-state index in [9.17, 15) is 14.4 Å². The van der Waals surface area contributed by atoms with E-state index >= 15 is 0 Å². The molecule has 0 aromatic rings. The normalized spacial score (nSPS) is 12.4. The molecule has 78 heavy (non-hydrogen) atoms. The summed E-state index contributed by atoms with van der Waals surface area (Å²) in [5.74, 6) is -0.874. The third kappa shape index (κ3) is 63.9. The molecule has 0 aromatic carbocycles. The first-order valence-corrected chi connectivity index (χ1v) is 34.3. The van der Waals surface area contributed by atoms with Gasteiger partial charge in [0.2, 0.25) is 0 Å². The number of allylic oxidation sites excluding steroid dienone is 10. The van der Waals surface area contributed by atoms with Gasteiger partial charge in [0.05, 0.1) is 0 Å². The molecule has 0 fully saturated rings. The Bertz CT molecular complexity index is 1390. The first-order chi connectivity index (χ1) is 38.5. The third-order valence-corrected chi connectivity index (χ3v) is 15.2. The van der Waals surface area contributed by atoms with E-state index in [2.05, 4.69) is 81.5 Å². The van der Waals surface area contributed by atoms with Gasteiger partial charge in [0.1, 0.15) is 13.2 Å². The molecule has 0 N–H and O–H groups in total. The monoisotopic (exact) mass is 1090 g/mol. The summed E-state index contributed by atoms with van der Waals surface area (Å²) in [5.41, 5.74) is 0. The topological polar surface area (TPSA) is 78.9 Å². The Balaban J connectivity index is 4.28. The van der Waals surface area contributed by atoms with Crippen molar-refractivity contribution in [3.05, 3.63) is 60.8 Å². The lowest BCUT2D eigenvalue weighted by Crippen LogP contribution is -2.30. The lowest BCUT2D eigenvalue weighted by molar-refractivity contribution is -0.167. The summed E-state index contributed by atoms with van der Waals surface area (Å²) >= 11 is 0. The van der Waals surface area contributed by atoms with Gasteiger partial charge in [0.25, 0.3) is 0 Å². The Hall–Kier alpha value is -2.89. The first-order valence-electron chi connectivity index (χ1n) is 34.3. The molecule has 0 rings (SSSR count). The molecule has 1 atom stereocenters. The summed E-state index contributed by atoms with van der Waals surface area (Å²) in [6.45, 7) is 6.64. The Labute approximate surface area is 485 Å². The van der Waals surface area contributed by atoms with E-state index in [0.717, 1.165) is 83.5 Å². The number of esters is 3. The number of unbranched alkanes of at least 4 members (excludes halogenated alkanes) is 42. The van der Waals surface area contributed by atoms with Crippen LogP contribution in [0.1, 0.15) is 361 Å². The van der Waals surface area contributed by atoms with Crippen LogP contribution in [0, 0.1) is 0 Å². The Kier molecular flexibility index (Phi) is 64.2. The minimum atomic E-state index is -0.782. The molecule has 0 radical (unpaired) electrons. The highest BCUT2D eigenvalue weighted by Crippen LogP contribution is 2.17. The van der Waals surface area contributed by atoms with Crippen molar-refractivity contribution in [3.8, 4) is 0 Å². The minimum absolute atomic E-state index is 0.0775. The zero-order valence-electron chi connectivity index (χ0n) is 52.2. The van der Waals surface area contributed by atoms with E-state index < -0.39 is 6.10 Å². The number of rotatable bonds is 63. The van der Waals surface area contributed by atoms with Crippen molar-refractivity contribution in [1.29, 1.82) is 0 Å². The maximum Gasteiger partial charge on any atom is 0.306 e. The molecule has 0 amide bonds. The highest BCUT2D eigenvalue weighted by molar-refractivity contribution is 5.71. The molecule has 6 nitrogen and oxygen atoms in total. The molecule has 0 aliphatic heterocycles. The van der Waals surface area contributed by atoms with Gasteiger partial charge in [-0.3, -0.25) is 14.4 Å². The van der Waals surface area contributed by atoms with Crippen molar-refractivity contribution in [2.24, 2.45) is 0 Å². The number of ether oxygens (including phenoxy) is 3. The SMILES string of the molecule is CCCCC/C=C\C/C=C\CCCCCCCCCC(=O)OC(COC(=O)CCCCCCC/C=C\CCCCCCCCC)COC(=O)CCCCCCCCCCCCCCCCC/C=C\C/C=C\CCCCCCC. The van der Waals surface area contributed by atoms with Crippen LogP contribution in [-0.4, -0.2) is 37.2 Å². The quantitative estimate of drug-likeness (QED) is 0.0261. The smallest absolute Gasteiger partial charge is 0.306 e. The highest BCUT2D eigenvalue weighted by atomic mass is 16.6. The van der Waals surface area contributed by atoms with Crippen molar-refractivity contribution in [1.82, 2.24) is 0 Å². The van der Waals surface area contributed by atoms with E-state index in [-0.39, 0.29) is 31.1 Å². The molecule has 0 saturated carbocycles. The predicted molar refractivity (Wildman–Crippen MR) is 339 cm³/mol. The zero-order chi connectivity index (χ0) is 56.4. The Morgan fingerprint density at radius 2 is 0.462 bits per heavy atom. The molecular weight excluding hydrogens is 961 g/mol. The van der Waals surface area contributed by atoms with Crippen LogP contribution in [0.5, 0.6) is 0 Å². The lowest BCUT2D eigenvalue weighted by atomic mass is 10.0. The van der Waals surface area contributed by atoms with Crippen molar-refractivity contribution < 1.29 is 28.6 Å². The van der Waals surface area contributed by atoms with Crippen molar-refractivity contribution in [2.45, 2.75) is 367 Å². The molecule has 454 valence electrons. The molecule has 0 aliphatic rings. The fourth-order valence-corrected chi connectivity index (χ4v) is 10.0. The van der Waals surface area contributed by atoms with Gasteiger partial charge >= 0.3 is 17.9 Å². The molecule has 0 saturated heterocycles. The van der Waals surface area contributed by atoms with Crippen LogP contribution < -0.4 is 0 Å². The highest BCUT2D eigenvalue weighted by Gasteiger charge is 2.19. The van der Waals surface area contributed by atoms with Crippen LogP contribution in [0.2, 0.25) is 0 Å². The van der Waals surface area contributed by atoms with Crippen LogP contribution in [0.3, 0.4) is 0 Å². The fourth-order valence-electron chi connectivity index (χ4n) is 10.0. The molecule has 0 aliphatic carbocycles. The van der Waals surface area contributed by atoms with Gasteiger partial charge in [-0.05, 0) is 109 Å². The third-order valence-electron chi connectivity index (χ3n) is 15.2. The molecule has 0 heterocycles. The predicted octanol–water partition coefficient (Wildman–Crippen LogP) is 23.5. The average molecular weight is 1090 g/mol. The standard InChI is InChI=1S/C72H130O6/c1-4-7-10-13-16-19-22-25-28-31-32-33-34-35-36-37-38-39-40-42-44-47-50-53-56-59-62-65-71(74)77-68-69(67-76-70(73)64-61-58-55-52-49-46-43-30-27-24-21-18-15-12-9-6-3)78-72(75)66-63-60-57-54-51-48-45-41-29-26-23-20-17-14-11-8-5-2/h17,20,22,25-26,29-32,43,69H,4-16,18-19,21,23-24,27-28,33-42,44-68H2,1-3H3/b20-17-,25-22-,29-26-,32-31-,43-30-. The van der Waals surface area contributed by atoms with E-state index in [4.69, 9.17) is 14.2 Å². The fraction of sp³-hybridized carbons (Fsp3) is 0.819. The summed E-state index contributed by atoms with van der Waals surface area (Å²) < 4.78 is 17.0. The Morgan fingerprint density at radius 1 is 0.256 bits per heavy atom. The lowest BCUT2D eigenvalue weighted by Gasteiger charge is -2.18. The first kappa shape index (κ1) is 75.1. The van der Waals surface area contributed by atoms with E-state index in [1.165, 1.54) is 238 Å². The van der Waals surface area contributed by atoms with Crippen molar-refractivity contribution in [3.63, 3.8) is 0 Å². The van der Waals surface area contributed by atoms with Gasteiger partial charge in [-0.1, -0.05) is 293 Å². The van der Waals surface area contributed by atoms with Gasteiger partial charge in [-0.15, -0.1) is 0 Å². The van der Waals surface area contributed by atoms with Gasteiger partial charge in [-0.2, -0.15) is 0 Å². The summed E-state index contributed by atoms with van der Waals surface area (Å²) in [6, 6.07) is 0.